The summed E-state index contributed by atoms with van der Waals surface area (Å²) in [6, 6.07) is 7.94. The molecule has 2 aromatic heterocycles. The minimum atomic E-state index is 0.187. The van der Waals surface area contributed by atoms with E-state index >= 15 is 0 Å². The van der Waals surface area contributed by atoms with Gasteiger partial charge >= 0.3 is 0 Å². The summed E-state index contributed by atoms with van der Waals surface area (Å²) in [4.78, 5) is 20.4. The lowest BCUT2D eigenvalue weighted by Crippen LogP contribution is -2.38. The van der Waals surface area contributed by atoms with E-state index in [9.17, 15) is 4.79 Å². The fourth-order valence-corrected chi connectivity index (χ4v) is 4.14. The van der Waals surface area contributed by atoms with Gasteiger partial charge in [-0.2, -0.15) is 0 Å². The lowest BCUT2D eigenvalue weighted by Gasteiger charge is -2.31. The maximum atomic E-state index is 12.2. The molecule has 1 saturated heterocycles. The second kappa shape index (κ2) is 6.41. The number of likely N-dealkylation sites (tertiary alicyclic amines) is 1. The van der Waals surface area contributed by atoms with Gasteiger partial charge in [-0.05, 0) is 36.4 Å². The highest BCUT2D eigenvalue weighted by Gasteiger charge is 2.24. The van der Waals surface area contributed by atoms with Crippen LogP contribution in [0.3, 0.4) is 0 Å². The molecule has 0 aliphatic carbocycles. The first-order valence-electron chi connectivity index (χ1n) is 6.72. The molecule has 3 heterocycles. The average molecular weight is 304 g/mol. The van der Waals surface area contributed by atoms with Crippen LogP contribution in [0.4, 0.5) is 0 Å². The molecule has 1 fully saturated rings. The highest BCUT2D eigenvalue weighted by Crippen LogP contribution is 2.30. The molecule has 1 aliphatic rings. The molecule has 0 atom stereocenters. The first-order valence-corrected chi connectivity index (χ1v) is 8.48. The molecular formula is C15H16N2OS2. The molecule has 0 N–H and O–H groups in total. The van der Waals surface area contributed by atoms with Crippen LogP contribution >= 0.6 is 23.1 Å². The SMILES string of the molecule is O=C(c1cccs1)N1CCC(Sc2ccncc2)CC1. The van der Waals surface area contributed by atoms with Crippen molar-refractivity contribution in [2.45, 2.75) is 23.0 Å². The van der Waals surface area contributed by atoms with Crippen molar-refractivity contribution < 1.29 is 4.79 Å². The van der Waals surface area contributed by atoms with Crippen molar-refractivity contribution in [2.24, 2.45) is 0 Å². The van der Waals surface area contributed by atoms with Crippen LogP contribution in [0, 0.1) is 0 Å². The number of pyridine rings is 1. The summed E-state index contributed by atoms with van der Waals surface area (Å²) >= 11 is 3.43. The highest BCUT2D eigenvalue weighted by atomic mass is 32.2. The molecule has 20 heavy (non-hydrogen) atoms. The Labute approximate surface area is 127 Å². The number of aromatic nitrogens is 1. The maximum absolute atomic E-state index is 12.2. The zero-order valence-corrected chi connectivity index (χ0v) is 12.7. The van der Waals surface area contributed by atoms with Crippen LogP contribution < -0.4 is 0 Å². The van der Waals surface area contributed by atoms with Gasteiger partial charge in [-0.15, -0.1) is 23.1 Å². The number of amides is 1. The van der Waals surface area contributed by atoms with Gasteiger partial charge in [0.25, 0.3) is 5.91 Å². The molecule has 0 aromatic carbocycles. The van der Waals surface area contributed by atoms with Crippen LogP contribution in [0.5, 0.6) is 0 Å². The van der Waals surface area contributed by atoms with Gasteiger partial charge in [0, 0.05) is 35.6 Å². The van der Waals surface area contributed by atoms with Crippen LogP contribution in [0.1, 0.15) is 22.5 Å². The number of carbonyl (C=O) groups is 1. The summed E-state index contributed by atoms with van der Waals surface area (Å²) in [6.45, 7) is 1.72. The number of thioether (sulfide) groups is 1. The predicted octanol–water partition coefficient (Wildman–Crippen LogP) is 3.54. The Bertz CT molecular complexity index is 549. The van der Waals surface area contributed by atoms with Crippen LogP contribution in [0.25, 0.3) is 0 Å². The standard InChI is InChI=1S/C15H16N2OS2/c18-15(14-2-1-11-19-14)17-9-5-13(6-10-17)20-12-3-7-16-8-4-12/h1-4,7-8,11,13H,5-6,9-10H2. The Balaban J connectivity index is 1.53. The molecule has 0 spiro atoms. The van der Waals surface area contributed by atoms with E-state index in [0.29, 0.717) is 5.25 Å². The molecule has 1 amide bonds. The van der Waals surface area contributed by atoms with Crippen molar-refractivity contribution >= 4 is 29.0 Å². The third-order valence-corrected chi connectivity index (χ3v) is 5.62. The molecular weight excluding hydrogens is 288 g/mol. The van der Waals surface area contributed by atoms with Gasteiger partial charge in [-0.3, -0.25) is 9.78 Å². The van der Waals surface area contributed by atoms with E-state index in [-0.39, 0.29) is 5.91 Å². The Morgan fingerprint density at radius 2 is 2.00 bits per heavy atom. The second-order valence-electron chi connectivity index (χ2n) is 4.77. The Hall–Kier alpha value is -1.33. The summed E-state index contributed by atoms with van der Waals surface area (Å²) in [5.74, 6) is 0.187. The zero-order chi connectivity index (χ0) is 13.8. The minimum absolute atomic E-state index is 0.187. The Morgan fingerprint density at radius 3 is 2.65 bits per heavy atom. The van der Waals surface area contributed by atoms with E-state index in [2.05, 4.69) is 4.98 Å². The molecule has 2 aromatic rings. The van der Waals surface area contributed by atoms with Crippen molar-refractivity contribution in [1.29, 1.82) is 0 Å². The van der Waals surface area contributed by atoms with Crippen molar-refractivity contribution in [3.63, 3.8) is 0 Å². The molecule has 0 bridgehead atoms. The fraction of sp³-hybridized carbons (Fsp3) is 0.333. The van der Waals surface area contributed by atoms with Gasteiger partial charge in [0.05, 0.1) is 4.88 Å². The topological polar surface area (TPSA) is 33.2 Å². The minimum Gasteiger partial charge on any atom is -0.338 e. The van der Waals surface area contributed by atoms with Crippen LogP contribution in [0.2, 0.25) is 0 Å². The van der Waals surface area contributed by atoms with E-state index in [4.69, 9.17) is 0 Å². The number of nitrogens with zero attached hydrogens (tertiary/aromatic N) is 2. The zero-order valence-electron chi connectivity index (χ0n) is 11.1. The summed E-state index contributed by atoms with van der Waals surface area (Å²) < 4.78 is 0. The number of thiophene rings is 1. The van der Waals surface area contributed by atoms with Crippen molar-refractivity contribution in [3.8, 4) is 0 Å². The van der Waals surface area contributed by atoms with Gasteiger partial charge in [-0.25, -0.2) is 0 Å². The predicted molar refractivity (Wildman–Crippen MR) is 83.3 cm³/mol. The lowest BCUT2D eigenvalue weighted by atomic mass is 10.1. The molecule has 0 unspecified atom stereocenters. The molecule has 0 radical (unpaired) electrons. The van der Waals surface area contributed by atoms with Crippen LogP contribution in [0.15, 0.2) is 46.9 Å². The normalized spacial score (nSPS) is 16.3. The number of hydrogen-bond acceptors (Lipinski definition) is 4. The maximum Gasteiger partial charge on any atom is 0.263 e. The average Bonchev–Trinajstić information content (AvgIpc) is 3.03. The first-order chi connectivity index (χ1) is 9.83. The van der Waals surface area contributed by atoms with E-state index < -0.39 is 0 Å². The number of piperidine rings is 1. The molecule has 5 heteroatoms. The van der Waals surface area contributed by atoms with Gasteiger partial charge in [-0.1, -0.05) is 6.07 Å². The fourth-order valence-electron chi connectivity index (χ4n) is 2.34. The second-order valence-corrected chi connectivity index (χ2v) is 7.09. The molecule has 3 nitrogen and oxygen atoms in total. The number of hydrogen-bond donors (Lipinski definition) is 0. The van der Waals surface area contributed by atoms with E-state index in [0.717, 1.165) is 30.8 Å². The van der Waals surface area contributed by atoms with Gasteiger partial charge in [0.2, 0.25) is 0 Å². The Morgan fingerprint density at radius 1 is 1.25 bits per heavy atom. The smallest absolute Gasteiger partial charge is 0.263 e. The van der Waals surface area contributed by atoms with Crippen LogP contribution in [-0.2, 0) is 0 Å². The lowest BCUT2D eigenvalue weighted by molar-refractivity contribution is 0.0732. The van der Waals surface area contributed by atoms with Gasteiger partial charge in [0.1, 0.15) is 0 Å². The molecule has 3 rings (SSSR count). The van der Waals surface area contributed by atoms with Crippen molar-refractivity contribution in [3.05, 3.63) is 46.9 Å². The van der Waals surface area contributed by atoms with Gasteiger partial charge in [0.15, 0.2) is 0 Å². The highest BCUT2D eigenvalue weighted by molar-refractivity contribution is 8.00. The summed E-state index contributed by atoms with van der Waals surface area (Å²) in [5.41, 5.74) is 0. The number of carbonyl (C=O) groups excluding carboxylic acids is 1. The number of rotatable bonds is 3. The monoisotopic (exact) mass is 304 g/mol. The summed E-state index contributed by atoms with van der Waals surface area (Å²) in [6.07, 6.45) is 5.78. The van der Waals surface area contributed by atoms with Gasteiger partial charge < -0.3 is 4.90 Å². The Kier molecular flexibility index (Phi) is 4.38. The molecule has 104 valence electrons. The van der Waals surface area contributed by atoms with E-state index in [1.807, 2.05) is 58.7 Å². The quantitative estimate of drug-likeness (QED) is 0.869. The van der Waals surface area contributed by atoms with E-state index in [1.165, 1.54) is 16.2 Å². The first kappa shape index (κ1) is 13.6. The molecule has 0 saturated carbocycles. The van der Waals surface area contributed by atoms with Crippen LogP contribution in [-0.4, -0.2) is 34.1 Å². The van der Waals surface area contributed by atoms with Crippen molar-refractivity contribution in [2.75, 3.05) is 13.1 Å². The molecule has 1 aliphatic heterocycles. The third-order valence-electron chi connectivity index (χ3n) is 3.41. The summed E-state index contributed by atoms with van der Waals surface area (Å²) in [5, 5.41) is 2.56. The van der Waals surface area contributed by atoms with E-state index in [1.54, 1.807) is 0 Å². The third kappa shape index (κ3) is 3.22. The van der Waals surface area contributed by atoms with Crippen molar-refractivity contribution in [1.82, 2.24) is 9.88 Å². The largest absolute Gasteiger partial charge is 0.338 e. The summed E-state index contributed by atoms with van der Waals surface area (Å²) in [7, 11) is 0.